The van der Waals surface area contributed by atoms with Crippen LogP contribution < -0.4 is 5.32 Å². The van der Waals surface area contributed by atoms with Crippen molar-refractivity contribution in [2.45, 2.75) is 38.3 Å². The highest BCUT2D eigenvalue weighted by Crippen LogP contribution is 2.43. The van der Waals surface area contributed by atoms with Crippen LogP contribution in [-0.4, -0.2) is 12.7 Å². The van der Waals surface area contributed by atoms with Gasteiger partial charge in [0.2, 0.25) is 0 Å². The fourth-order valence-corrected chi connectivity index (χ4v) is 4.73. The van der Waals surface area contributed by atoms with Crippen LogP contribution in [0.5, 0.6) is 0 Å². The number of hydrogen-bond donors (Lipinski definition) is 1. The van der Waals surface area contributed by atoms with E-state index in [2.05, 4.69) is 82.8 Å². The topological polar surface area (TPSA) is 21.3 Å². The molecule has 0 saturated carbocycles. The zero-order valence-electron chi connectivity index (χ0n) is 14.5. The highest BCUT2D eigenvalue weighted by Gasteiger charge is 2.38. The first kappa shape index (κ1) is 16.9. The molecule has 3 heteroatoms. The summed E-state index contributed by atoms with van der Waals surface area (Å²) in [4.78, 5) is 0. The molecule has 0 saturated heterocycles. The van der Waals surface area contributed by atoms with Crippen LogP contribution in [0.25, 0.3) is 0 Å². The van der Waals surface area contributed by atoms with Crippen molar-refractivity contribution in [1.29, 1.82) is 0 Å². The maximum Gasteiger partial charge on any atom is 0.0811 e. The lowest BCUT2D eigenvalue weighted by Crippen LogP contribution is -2.25. The number of nitrogens with one attached hydrogen (secondary N) is 1. The summed E-state index contributed by atoms with van der Waals surface area (Å²) in [5.74, 6) is 0.453. The first-order valence-electron chi connectivity index (χ1n) is 9.13. The van der Waals surface area contributed by atoms with Gasteiger partial charge in [-0.2, -0.15) is 0 Å². The van der Waals surface area contributed by atoms with E-state index in [1.54, 1.807) is 0 Å². The van der Waals surface area contributed by atoms with E-state index in [0.717, 1.165) is 25.9 Å². The number of aryl methyl sites for hydroxylation is 1. The van der Waals surface area contributed by atoms with Crippen molar-refractivity contribution in [3.63, 3.8) is 0 Å². The summed E-state index contributed by atoms with van der Waals surface area (Å²) in [6, 6.07) is 19.6. The first-order chi connectivity index (χ1) is 12.2. The average molecular weight is 398 g/mol. The second-order valence-corrected chi connectivity index (χ2v) is 7.85. The lowest BCUT2D eigenvalue weighted by molar-refractivity contribution is 0.0575. The minimum Gasteiger partial charge on any atom is -0.381 e. The lowest BCUT2D eigenvalue weighted by Gasteiger charge is -2.27. The molecule has 2 heterocycles. The molecule has 4 rings (SSSR count). The molecule has 130 valence electrons. The van der Waals surface area contributed by atoms with E-state index in [9.17, 15) is 0 Å². The molecule has 1 N–H and O–H groups in total. The van der Waals surface area contributed by atoms with Crippen molar-refractivity contribution in [2.75, 3.05) is 6.61 Å². The van der Waals surface area contributed by atoms with Crippen molar-refractivity contribution in [1.82, 2.24) is 5.32 Å². The van der Waals surface area contributed by atoms with Gasteiger partial charge in [-0.15, -0.1) is 0 Å². The van der Waals surface area contributed by atoms with E-state index in [1.165, 1.54) is 26.9 Å². The van der Waals surface area contributed by atoms with Crippen LogP contribution in [0.15, 0.2) is 70.3 Å². The zero-order valence-corrected chi connectivity index (χ0v) is 16.1. The van der Waals surface area contributed by atoms with Crippen LogP contribution in [0.4, 0.5) is 0 Å². The van der Waals surface area contributed by atoms with Gasteiger partial charge in [0.15, 0.2) is 0 Å². The van der Waals surface area contributed by atoms with E-state index in [-0.39, 0.29) is 6.10 Å². The summed E-state index contributed by atoms with van der Waals surface area (Å²) >= 11 is 3.72. The van der Waals surface area contributed by atoms with Gasteiger partial charge in [-0.05, 0) is 35.6 Å². The van der Waals surface area contributed by atoms with Crippen molar-refractivity contribution < 1.29 is 4.74 Å². The Labute approximate surface area is 158 Å². The summed E-state index contributed by atoms with van der Waals surface area (Å²) in [5, 5.41) is 3.80. The second-order valence-electron chi connectivity index (χ2n) is 7.00. The van der Waals surface area contributed by atoms with Gasteiger partial charge in [-0.25, -0.2) is 0 Å². The SMILES string of the molecule is C[C@H]1C2=C(CCO[C@H]2CCc2ccccc2)N[C@H]1c1ccccc1Br. The molecular weight excluding hydrogens is 374 g/mol. The van der Waals surface area contributed by atoms with Gasteiger partial charge in [-0.3, -0.25) is 0 Å². The number of hydrogen-bond acceptors (Lipinski definition) is 2. The van der Waals surface area contributed by atoms with Gasteiger partial charge in [0.25, 0.3) is 0 Å². The van der Waals surface area contributed by atoms with Crippen LogP contribution in [0.3, 0.4) is 0 Å². The predicted octanol–water partition coefficient (Wildman–Crippen LogP) is 5.41. The normalized spacial score (nSPS) is 25.6. The van der Waals surface area contributed by atoms with Gasteiger partial charge in [0.1, 0.15) is 0 Å². The van der Waals surface area contributed by atoms with Crippen molar-refractivity contribution in [3.05, 3.63) is 81.5 Å². The highest BCUT2D eigenvalue weighted by molar-refractivity contribution is 9.10. The number of benzene rings is 2. The van der Waals surface area contributed by atoms with Gasteiger partial charge in [0, 0.05) is 22.5 Å². The largest absolute Gasteiger partial charge is 0.381 e. The van der Waals surface area contributed by atoms with E-state index >= 15 is 0 Å². The second kappa shape index (κ2) is 7.35. The Hall–Kier alpha value is -1.58. The molecule has 0 bridgehead atoms. The van der Waals surface area contributed by atoms with Crippen molar-refractivity contribution >= 4 is 15.9 Å². The van der Waals surface area contributed by atoms with Crippen LogP contribution in [0.1, 0.15) is 36.9 Å². The molecule has 0 unspecified atom stereocenters. The summed E-state index contributed by atoms with van der Waals surface area (Å²) in [6.07, 6.45) is 3.35. The Morgan fingerprint density at radius 1 is 1.08 bits per heavy atom. The molecule has 0 spiro atoms. The molecule has 25 heavy (non-hydrogen) atoms. The molecule has 0 fully saturated rings. The molecule has 2 nitrogen and oxygen atoms in total. The van der Waals surface area contributed by atoms with E-state index < -0.39 is 0 Å². The van der Waals surface area contributed by atoms with Crippen LogP contribution in [0, 0.1) is 5.92 Å². The van der Waals surface area contributed by atoms with E-state index in [4.69, 9.17) is 4.74 Å². The third-order valence-electron chi connectivity index (χ3n) is 5.47. The summed E-state index contributed by atoms with van der Waals surface area (Å²) < 4.78 is 7.37. The van der Waals surface area contributed by atoms with Gasteiger partial charge in [0.05, 0.1) is 18.8 Å². The Bertz CT molecular complexity index is 771. The average Bonchev–Trinajstić information content (AvgIpc) is 2.98. The Kier molecular flexibility index (Phi) is 4.96. The number of rotatable bonds is 4. The molecule has 3 atom stereocenters. The van der Waals surface area contributed by atoms with E-state index in [0.29, 0.717) is 12.0 Å². The minimum atomic E-state index is 0.235. The summed E-state index contributed by atoms with van der Waals surface area (Å²) in [6.45, 7) is 3.16. The third-order valence-corrected chi connectivity index (χ3v) is 6.19. The summed E-state index contributed by atoms with van der Waals surface area (Å²) in [7, 11) is 0. The monoisotopic (exact) mass is 397 g/mol. The Balaban J connectivity index is 1.52. The van der Waals surface area contributed by atoms with Crippen molar-refractivity contribution in [2.24, 2.45) is 5.92 Å². The molecule has 2 aromatic rings. The number of ether oxygens (including phenoxy) is 1. The van der Waals surface area contributed by atoms with Crippen LogP contribution in [0.2, 0.25) is 0 Å². The molecule has 0 aromatic heterocycles. The first-order valence-corrected chi connectivity index (χ1v) is 9.93. The molecule has 0 aliphatic carbocycles. The highest BCUT2D eigenvalue weighted by atomic mass is 79.9. The standard InChI is InChI=1S/C22H24BrNO/c1-15-21-19(24-22(15)17-9-5-6-10-18(17)23)13-14-25-20(21)12-11-16-7-3-2-4-8-16/h2-10,15,20,22,24H,11-14H2,1H3/t15-,20-,22+/m0/s1. The van der Waals surface area contributed by atoms with Gasteiger partial charge in [-0.1, -0.05) is 71.4 Å². The van der Waals surface area contributed by atoms with Crippen LogP contribution >= 0.6 is 15.9 Å². The molecule has 2 aliphatic heterocycles. The zero-order chi connectivity index (χ0) is 17.2. The van der Waals surface area contributed by atoms with Crippen molar-refractivity contribution in [3.8, 4) is 0 Å². The maximum absolute atomic E-state index is 6.19. The summed E-state index contributed by atoms with van der Waals surface area (Å²) in [5.41, 5.74) is 5.63. The third kappa shape index (κ3) is 3.40. The molecule has 0 amide bonds. The molecule has 2 aromatic carbocycles. The molecular formula is C22H24BrNO. The molecule has 0 radical (unpaired) electrons. The van der Waals surface area contributed by atoms with Gasteiger partial charge < -0.3 is 10.1 Å². The Morgan fingerprint density at radius 2 is 1.84 bits per heavy atom. The van der Waals surface area contributed by atoms with Crippen LogP contribution in [-0.2, 0) is 11.2 Å². The minimum absolute atomic E-state index is 0.235. The maximum atomic E-state index is 6.19. The fourth-order valence-electron chi connectivity index (χ4n) is 4.20. The quantitative estimate of drug-likeness (QED) is 0.744. The predicted molar refractivity (Wildman–Crippen MR) is 105 cm³/mol. The lowest BCUT2D eigenvalue weighted by atomic mass is 9.86. The Morgan fingerprint density at radius 3 is 2.64 bits per heavy atom. The van der Waals surface area contributed by atoms with E-state index in [1.807, 2.05) is 0 Å². The smallest absolute Gasteiger partial charge is 0.0811 e. The van der Waals surface area contributed by atoms with Gasteiger partial charge >= 0.3 is 0 Å². The number of halogens is 1. The fraction of sp³-hybridized carbons (Fsp3) is 0.364. The molecule has 2 aliphatic rings.